The third kappa shape index (κ3) is 4.97. The summed E-state index contributed by atoms with van der Waals surface area (Å²) < 4.78 is 0. The minimum atomic E-state index is 0.0283. The van der Waals surface area contributed by atoms with E-state index in [9.17, 15) is 4.79 Å². The van der Waals surface area contributed by atoms with Gasteiger partial charge in [-0.25, -0.2) is 0 Å². The molecule has 1 aliphatic heterocycles. The van der Waals surface area contributed by atoms with Gasteiger partial charge in [0.1, 0.15) is 0 Å². The summed E-state index contributed by atoms with van der Waals surface area (Å²) in [6.45, 7) is 9.74. The molecule has 1 fully saturated rings. The first-order valence-corrected chi connectivity index (χ1v) is 11.6. The number of aryl methyl sites for hydroxylation is 1. The molecule has 0 radical (unpaired) electrons. The monoisotopic (exact) mass is 419 g/mol. The molecule has 4 rings (SSSR count). The molecule has 3 aromatic rings. The minimum Gasteiger partial charge on any atom is -0.369 e. The number of nitrogens with one attached hydrogen (secondary N) is 1. The van der Waals surface area contributed by atoms with Gasteiger partial charge in [-0.3, -0.25) is 4.79 Å². The topological polar surface area (TPSA) is 35.6 Å². The predicted molar refractivity (Wildman–Crippen MR) is 129 cm³/mol. The highest BCUT2D eigenvalue weighted by Crippen LogP contribution is 2.26. The van der Waals surface area contributed by atoms with Crippen molar-refractivity contribution in [2.45, 2.75) is 18.7 Å². The number of likely N-dealkylation sites (N-methyl/N-ethyl adjacent to an activating group) is 1. The lowest BCUT2D eigenvalue weighted by atomic mass is 10.1. The van der Waals surface area contributed by atoms with Crippen LogP contribution in [0.25, 0.3) is 10.8 Å². The SMILES string of the molecule is CCN1CCN(c2ccc(NC(=O)CSc3ccc4ccccc4c3)c(C)c2)CC1. The Morgan fingerprint density at radius 2 is 1.73 bits per heavy atom. The summed E-state index contributed by atoms with van der Waals surface area (Å²) >= 11 is 1.57. The van der Waals surface area contributed by atoms with Gasteiger partial charge >= 0.3 is 0 Å². The molecule has 1 aliphatic rings. The highest BCUT2D eigenvalue weighted by molar-refractivity contribution is 8.00. The van der Waals surface area contributed by atoms with Crippen LogP contribution in [0.5, 0.6) is 0 Å². The minimum absolute atomic E-state index is 0.0283. The maximum absolute atomic E-state index is 12.5. The summed E-state index contributed by atoms with van der Waals surface area (Å²) in [5.41, 5.74) is 3.25. The lowest BCUT2D eigenvalue weighted by Crippen LogP contribution is -2.46. The van der Waals surface area contributed by atoms with Crippen molar-refractivity contribution in [2.75, 3.05) is 48.7 Å². The van der Waals surface area contributed by atoms with Gasteiger partial charge in [0.05, 0.1) is 5.75 Å². The normalized spacial score (nSPS) is 14.8. The zero-order valence-corrected chi connectivity index (χ0v) is 18.5. The Morgan fingerprint density at radius 1 is 0.967 bits per heavy atom. The Balaban J connectivity index is 1.33. The molecule has 0 atom stereocenters. The highest BCUT2D eigenvalue weighted by Gasteiger charge is 2.16. The van der Waals surface area contributed by atoms with E-state index < -0.39 is 0 Å². The number of benzene rings is 3. The predicted octanol–water partition coefficient (Wildman–Crippen LogP) is 5.02. The molecule has 156 valence electrons. The van der Waals surface area contributed by atoms with Crippen molar-refractivity contribution < 1.29 is 4.79 Å². The van der Waals surface area contributed by atoms with Gasteiger partial charge in [-0.2, -0.15) is 0 Å². The van der Waals surface area contributed by atoms with E-state index in [0.29, 0.717) is 5.75 Å². The fourth-order valence-electron chi connectivity index (χ4n) is 3.90. The summed E-state index contributed by atoms with van der Waals surface area (Å²) in [6, 6.07) is 21.0. The molecule has 1 amide bonds. The van der Waals surface area contributed by atoms with Crippen LogP contribution < -0.4 is 10.2 Å². The molecule has 3 aromatic carbocycles. The first kappa shape index (κ1) is 20.8. The molecule has 4 nitrogen and oxygen atoms in total. The van der Waals surface area contributed by atoms with Crippen molar-refractivity contribution in [2.24, 2.45) is 0 Å². The molecule has 30 heavy (non-hydrogen) atoms. The van der Waals surface area contributed by atoms with Gasteiger partial charge < -0.3 is 15.1 Å². The van der Waals surface area contributed by atoms with Gasteiger partial charge in [0.2, 0.25) is 5.91 Å². The van der Waals surface area contributed by atoms with Gasteiger partial charge in [-0.15, -0.1) is 11.8 Å². The number of thioether (sulfide) groups is 1. The average molecular weight is 420 g/mol. The summed E-state index contributed by atoms with van der Waals surface area (Å²) in [5.74, 6) is 0.430. The number of carbonyl (C=O) groups is 1. The van der Waals surface area contributed by atoms with Crippen LogP contribution in [-0.4, -0.2) is 49.3 Å². The zero-order chi connectivity index (χ0) is 20.9. The maximum atomic E-state index is 12.5. The van der Waals surface area contributed by atoms with E-state index in [4.69, 9.17) is 0 Å². The molecule has 1 saturated heterocycles. The highest BCUT2D eigenvalue weighted by atomic mass is 32.2. The summed E-state index contributed by atoms with van der Waals surface area (Å²) in [4.78, 5) is 18.5. The number of fused-ring (bicyclic) bond motifs is 1. The zero-order valence-electron chi connectivity index (χ0n) is 17.7. The Hall–Kier alpha value is -2.50. The molecule has 0 aromatic heterocycles. The summed E-state index contributed by atoms with van der Waals surface area (Å²) in [7, 11) is 0. The number of anilines is 2. The van der Waals surface area contributed by atoms with E-state index in [1.807, 2.05) is 18.2 Å². The Labute approximate surface area is 183 Å². The summed E-state index contributed by atoms with van der Waals surface area (Å²) in [5, 5.41) is 5.50. The third-order valence-corrected chi connectivity index (χ3v) is 6.75. The van der Waals surface area contributed by atoms with E-state index in [2.05, 4.69) is 71.4 Å². The number of nitrogens with zero attached hydrogens (tertiary/aromatic N) is 2. The van der Waals surface area contributed by atoms with Gasteiger partial charge in [0.25, 0.3) is 0 Å². The van der Waals surface area contributed by atoms with Gasteiger partial charge in [-0.05, 0) is 60.1 Å². The second-order valence-electron chi connectivity index (χ2n) is 7.77. The van der Waals surface area contributed by atoms with E-state index in [-0.39, 0.29) is 5.91 Å². The summed E-state index contributed by atoms with van der Waals surface area (Å²) in [6.07, 6.45) is 0. The number of piperazine rings is 1. The van der Waals surface area contributed by atoms with Crippen molar-refractivity contribution in [1.82, 2.24) is 4.90 Å². The van der Waals surface area contributed by atoms with Crippen LogP contribution in [0.4, 0.5) is 11.4 Å². The van der Waals surface area contributed by atoms with Gasteiger partial charge in [0, 0.05) is 42.4 Å². The number of amides is 1. The molecule has 0 spiro atoms. The Morgan fingerprint density at radius 3 is 2.47 bits per heavy atom. The molecule has 1 N–H and O–H groups in total. The van der Waals surface area contributed by atoms with Gasteiger partial charge in [-0.1, -0.05) is 37.3 Å². The average Bonchev–Trinajstić information content (AvgIpc) is 2.79. The molecular formula is C25H29N3OS. The van der Waals surface area contributed by atoms with Crippen LogP contribution in [0.1, 0.15) is 12.5 Å². The third-order valence-electron chi connectivity index (χ3n) is 5.76. The molecule has 5 heteroatoms. The van der Waals surface area contributed by atoms with Crippen LogP contribution in [0, 0.1) is 6.92 Å². The van der Waals surface area contributed by atoms with Crippen LogP contribution >= 0.6 is 11.8 Å². The Kier molecular flexibility index (Phi) is 6.60. The molecular weight excluding hydrogens is 390 g/mol. The van der Waals surface area contributed by atoms with E-state index in [1.54, 1.807) is 11.8 Å². The van der Waals surface area contributed by atoms with Crippen molar-refractivity contribution in [3.8, 4) is 0 Å². The lowest BCUT2D eigenvalue weighted by molar-refractivity contribution is -0.113. The van der Waals surface area contributed by atoms with Crippen LogP contribution in [0.3, 0.4) is 0 Å². The van der Waals surface area contributed by atoms with Crippen LogP contribution in [0.2, 0.25) is 0 Å². The quantitative estimate of drug-likeness (QED) is 0.569. The van der Waals surface area contributed by atoms with E-state index in [1.165, 1.54) is 16.5 Å². The second kappa shape index (κ2) is 9.54. The molecule has 0 saturated carbocycles. The fraction of sp³-hybridized carbons (Fsp3) is 0.320. The first-order chi connectivity index (χ1) is 14.6. The number of hydrogen-bond donors (Lipinski definition) is 1. The Bertz CT molecular complexity index is 1030. The van der Waals surface area contributed by atoms with Crippen LogP contribution in [0.15, 0.2) is 65.6 Å². The number of hydrogen-bond acceptors (Lipinski definition) is 4. The van der Waals surface area contributed by atoms with Gasteiger partial charge in [0.15, 0.2) is 0 Å². The lowest BCUT2D eigenvalue weighted by Gasteiger charge is -2.35. The largest absolute Gasteiger partial charge is 0.369 e. The molecule has 0 bridgehead atoms. The van der Waals surface area contributed by atoms with Crippen molar-refractivity contribution in [3.63, 3.8) is 0 Å². The fourth-order valence-corrected chi connectivity index (χ4v) is 4.64. The van der Waals surface area contributed by atoms with E-state index in [0.717, 1.165) is 48.9 Å². The standard InChI is InChI=1S/C25H29N3OS/c1-3-27-12-14-28(15-13-27)22-9-11-24(19(2)16-22)26-25(29)18-30-23-10-8-20-6-4-5-7-21(20)17-23/h4-11,16-17H,3,12-15,18H2,1-2H3,(H,26,29). The van der Waals surface area contributed by atoms with Crippen LogP contribution in [-0.2, 0) is 4.79 Å². The molecule has 0 unspecified atom stereocenters. The van der Waals surface area contributed by atoms with Crippen molar-refractivity contribution in [3.05, 3.63) is 66.2 Å². The maximum Gasteiger partial charge on any atom is 0.234 e. The first-order valence-electron chi connectivity index (χ1n) is 10.6. The smallest absolute Gasteiger partial charge is 0.234 e. The van der Waals surface area contributed by atoms with Crippen molar-refractivity contribution >= 4 is 39.8 Å². The number of carbonyl (C=O) groups excluding carboxylic acids is 1. The second-order valence-corrected chi connectivity index (χ2v) is 8.82. The van der Waals surface area contributed by atoms with E-state index >= 15 is 0 Å². The number of rotatable bonds is 6. The molecule has 1 heterocycles. The molecule has 0 aliphatic carbocycles. The van der Waals surface area contributed by atoms with Crippen molar-refractivity contribution in [1.29, 1.82) is 0 Å².